The molecule has 0 saturated carbocycles. The zero-order chi connectivity index (χ0) is 16.5. The van der Waals surface area contributed by atoms with Gasteiger partial charge in [-0.15, -0.1) is 0 Å². The van der Waals surface area contributed by atoms with Gasteiger partial charge >= 0.3 is 0 Å². The number of anilines is 1. The fourth-order valence-corrected chi connectivity index (χ4v) is 3.01. The average molecular weight is 322 g/mol. The molecule has 1 aliphatic rings. The molecule has 0 aliphatic carbocycles. The molecule has 6 nitrogen and oxygen atoms in total. The number of rotatable bonds is 2. The zero-order valence-corrected chi connectivity index (χ0v) is 13.5. The van der Waals surface area contributed by atoms with Gasteiger partial charge in [-0.05, 0) is 31.2 Å². The number of hydrogen-bond donors (Lipinski definition) is 0. The van der Waals surface area contributed by atoms with Crippen molar-refractivity contribution in [3.63, 3.8) is 0 Å². The molecule has 4 heterocycles. The van der Waals surface area contributed by atoms with Crippen LogP contribution in [0.4, 0.5) is 5.69 Å². The molecule has 1 saturated heterocycles. The number of amides is 1. The summed E-state index contributed by atoms with van der Waals surface area (Å²) in [5, 5.41) is 0. The Kier molecular flexibility index (Phi) is 3.65. The summed E-state index contributed by atoms with van der Waals surface area (Å²) in [6.45, 7) is 4.86. The van der Waals surface area contributed by atoms with E-state index in [-0.39, 0.29) is 5.91 Å². The summed E-state index contributed by atoms with van der Waals surface area (Å²) in [5.41, 5.74) is 3.43. The van der Waals surface area contributed by atoms with Gasteiger partial charge in [-0.1, -0.05) is 0 Å². The normalized spacial score (nSPS) is 15.0. The molecule has 0 bridgehead atoms. The maximum Gasteiger partial charge on any atom is 0.289 e. The second-order valence-electron chi connectivity index (χ2n) is 5.93. The van der Waals surface area contributed by atoms with Crippen molar-refractivity contribution in [3.8, 4) is 0 Å². The van der Waals surface area contributed by atoms with Crippen LogP contribution < -0.4 is 4.90 Å². The summed E-state index contributed by atoms with van der Waals surface area (Å²) in [7, 11) is 0. The summed E-state index contributed by atoms with van der Waals surface area (Å²) < 4.78 is 5.67. The standard InChI is InChI=1S/C18H18N4O2/c1-13-2-3-16-15(20-13)12-17(24-16)18(23)22-10-8-21(9-11-22)14-4-6-19-7-5-14/h2-7,12H,8-11H2,1H3. The number of pyridine rings is 2. The highest BCUT2D eigenvalue weighted by Crippen LogP contribution is 2.21. The van der Waals surface area contributed by atoms with Gasteiger partial charge in [0.25, 0.3) is 5.91 Å². The topological polar surface area (TPSA) is 62.5 Å². The lowest BCUT2D eigenvalue weighted by molar-refractivity contribution is 0.0717. The van der Waals surface area contributed by atoms with Gasteiger partial charge in [0.15, 0.2) is 11.3 Å². The van der Waals surface area contributed by atoms with Crippen molar-refractivity contribution in [1.29, 1.82) is 0 Å². The lowest BCUT2D eigenvalue weighted by atomic mass is 10.2. The fourth-order valence-electron chi connectivity index (χ4n) is 3.01. The van der Waals surface area contributed by atoms with Crippen molar-refractivity contribution < 1.29 is 9.21 Å². The number of carbonyl (C=O) groups excluding carboxylic acids is 1. The van der Waals surface area contributed by atoms with E-state index in [9.17, 15) is 4.79 Å². The fraction of sp³-hybridized carbons (Fsp3) is 0.278. The van der Waals surface area contributed by atoms with Crippen LogP contribution in [0.25, 0.3) is 11.1 Å². The Morgan fingerprint density at radius 1 is 1.08 bits per heavy atom. The molecule has 3 aromatic rings. The van der Waals surface area contributed by atoms with E-state index in [1.165, 1.54) is 0 Å². The summed E-state index contributed by atoms with van der Waals surface area (Å²) in [5.74, 6) is 0.292. The van der Waals surface area contributed by atoms with E-state index in [0.29, 0.717) is 24.4 Å². The van der Waals surface area contributed by atoms with Crippen LogP contribution in [0.1, 0.15) is 16.2 Å². The smallest absolute Gasteiger partial charge is 0.289 e. The first-order valence-electron chi connectivity index (χ1n) is 8.02. The van der Waals surface area contributed by atoms with Crippen LogP contribution in [-0.2, 0) is 0 Å². The lowest BCUT2D eigenvalue weighted by Crippen LogP contribution is -2.48. The Labute approximate surface area is 139 Å². The highest BCUT2D eigenvalue weighted by molar-refractivity contribution is 5.95. The van der Waals surface area contributed by atoms with Gasteiger partial charge < -0.3 is 14.2 Å². The average Bonchev–Trinajstić information content (AvgIpc) is 3.05. The molecule has 1 fully saturated rings. The first kappa shape index (κ1) is 14.7. The predicted molar refractivity (Wildman–Crippen MR) is 91.1 cm³/mol. The number of aryl methyl sites for hydroxylation is 1. The van der Waals surface area contributed by atoms with Crippen LogP contribution in [0.15, 0.2) is 47.1 Å². The third kappa shape index (κ3) is 2.71. The van der Waals surface area contributed by atoms with E-state index in [2.05, 4.69) is 14.9 Å². The van der Waals surface area contributed by atoms with Gasteiger partial charge in [-0.3, -0.25) is 9.78 Å². The zero-order valence-electron chi connectivity index (χ0n) is 13.5. The number of nitrogens with zero attached hydrogens (tertiary/aromatic N) is 4. The van der Waals surface area contributed by atoms with Gasteiger partial charge in [0.2, 0.25) is 0 Å². The minimum atomic E-state index is -0.0694. The van der Waals surface area contributed by atoms with E-state index >= 15 is 0 Å². The minimum absolute atomic E-state index is 0.0694. The van der Waals surface area contributed by atoms with Crippen LogP contribution in [0.5, 0.6) is 0 Å². The SMILES string of the molecule is Cc1ccc2oc(C(=O)N3CCN(c4ccncc4)CC3)cc2n1. The Morgan fingerprint density at radius 2 is 1.83 bits per heavy atom. The summed E-state index contributed by atoms with van der Waals surface area (Å²) >= 11 is 0. The summed E-state index contributed by atoms with van der Waals surface area (Å²) in [6, 6.07) is 9.46. The number of carbonyl (C=O) groups is 1. The molecule has 6 heteroatoms. The van der Waals surface area contributed by atoms with E-state index in [1.807, 2.05) is 36.1 Å². The second-order valence-corrected chi connectivity index (χ2v) is 5.93. The largest absolute Gasteiger partial charge is 0.449 e. The predicted octanol–water partition coefficient (Wildman–Crippen LogP) is 2.49. The van der Waals surface area contributed by atoms with Crippen molar-refractivity contribution in [3.05, 3.63) is 54.2 Å². The molecular weight excluding hydrogens is 304 g/mol. The Bertz CT molecular complexity index is 867. The maximum absolute atomic E-state index is 12.7. The molecular formula is C18H18N4O2. The third-order valence-corrected chi connectivity index (χ3v) is 4.32. The molecule has 24 heavy (non-hydrogen) atoms. The minimum Gasteiger partial charge on any atom is -0.449 e. The van der Waals surface area contributed by atoms with Crippen LogP contribution in [-0.4, -0.2) is 47.0 Å². The second kappa shape index (κ2) is 5.96. The lowest BCUT2D eigenvalue weighted by Gasteiger charge is -2.35. The number of furan rings is 1. The number of aromatic nitrogens is 2. The quantitative estimate of drug-likeness (QED) is 0.725. The van der Waals surface area contributed by atoms with Crippen molar-refractivity contribution in [2.24, 2.45) is 0 Å². The molecule has 0 spiro atoms. The number of fused-ring (bicyclic) bond motifs is 1. The molecule has 0 atom stereocenters. The van der Waals surface area contributed by atoms with Crippen molar-refractivity contribution in [2.45, 2.75) is 6.92 Å². The van der Waals surface area contributed by atoms with Gasteiger partial charge in [-0.25, -0.2) is 4.98 Å². The van der Waals surface area contributed by atoms with Crippen LogP contribution in [0.3, 0.4) is 0 Å². The van der Waals surface area contributed by atoms with E-state index in [4.69, 9.17) is 4.42 Å². The van der Waals surface area contributed by atoms with Crippen LogP contribution in [0, 0.1) is 6.92 Å². The third-order valence-electron chi connectivity index (χ3n) is 4.32. The van der Waals surface area contributed by atoms with Gasteiger partial charge in [-0.2, -0.15) is 0 Å². The molecule has 3 aromatic heterocycles. The first-order valence-corrected chi connectivity index (χ1v) is 8.02. The molecule has 1 aliphatic heterocycles. The molecule has 0 radical (unpaired) electrons. The van der Waals surface area contributed by atoms with E-state index < -0.39 is 0 Å². The molecule has 1 amide bonds. The monoisotopic (exact) mass is 322 g/mol. The van der Waals surface area contributed by atoms with E-state index in [1.54, 1.807) is 18.5 Å². The maximum atomic E-state index is 12.7. The summed E-state index contributed by atoms with van der Waals surface area (Å²) in [4.78, 5) is 25.2. The van der Waals surface area contributed by atoms with Crippen LogP contribution in [0.2, 0.25) is 0 Å². The van der Waals surface area contributed by atoms with Gasteiger partial charge in [0.05, 0.1) is 0 Å². The highest BCUT2D eigenvalue weighted by atomic mass is 16.3. The number of hydrogen-bond acceptors (Lipinski definition) is 5. The van der Waals surface area contributed by atoms with Gasteiger partial charge in [0.1, 0.15) is 5.52 Å². The highest BCUT2D eigenvalue weighted by Gasteiger charge is 2.24. The Balaban J connectivity index is 1.47. The van der Waals surface area contributed by atoms with E-state index in [0.717, 1.165) is 30.0 Å². The summed E-state index contributed by atoms with van der Waals surface area (Å²) in [6.07, 6.45) is 3.58. The molecule has 4 rings (SSSR count). The first-order chi connectivity index (χ1) is 11.7. The van der Waals surface area contributed by atoms with Crippen molar-refractivity contribution in [1.82, 2.24) is 14.9 Å². The Hall–Kier alpha value is -2.89. The molecule has 0 unspecified atom stereocenters. The Morgan fingerprint density at radius 3 is 2.58 bits per heavy atom. The molecule has 0 N–H and O–H groups in total. The van der Waals surface area contributed by atoms with Crippen molar-refractivity contribution >= 4 is 22.7 Å². The molecule has 122 valence electrons. The molecule has 0 aromatic carbocycles. The van der Waals surface area contributed by atoms with Crippen molar-refractivity contribution in [2.75, 3.05) is 31.1 Å². The van der Waals surface area contributed by atoms with Crippen LogP contribution >= 0.6 is 0 Å². The number of piperazine rings is 1. The van der Waals surface area contributed by atoms with Gasteiger partial charge in [0, 0.05) is 56.0 Å².